The van der Waals surface area contributed by atoms with E-state index in [4.69, 9.17) is 16.6 Å². The Kier molecular flexibility index (Phi) is 4.99. The van der Waals surface area contributed by atoms with Crippen LogP contribution >= 0.6 is 11.6 Å². The largest absolute Gasteiger partial charge is 0.353 e. The molecule has 32 heavy (non-hydrogen) atoms. The van der Waals surface area contributed by atoms with Crippen molar-refractivity contribution in [2.75, 3.05) is 31.1 Å². The molecule has 1 fully saturated rings. The molecule has 1 saturated heterocycles. The zero-order chi connectivity index (χ0) is 21.7. The molecular weight excluding hydrogens is 424 g/mol. The van der Waals surface area contributed by atoms with Crippen molar-refractivity contribution in [1.29, 1.82) is 0 Å². The fourth-order valence-electron chi connectivity index (χ4n) is 4.99. The molecule has 0 N–H and O–H groups in total. The van der Waals surface area contributed by atoms with Gasteiger partial charge in [0.2, 0.25) is 0 Å². The van der Waals surface area contributed by atoms with Crippen LogP contribution in [0.2, 0.25) is 5.02 Å². The maximum Gasteiger partial charge on any atom is 0.176 e. The minimum absolute atomic E-state index is 0.628. The van der Waals surface area contributed by atoms with E-state index in [1.807, 2.05) is 17.5 Å². The molecule has 9 heteroatoms. The Labute approximate surface area is 191 Å². The summed E-state index contributed by atoms with van der Waals surface area (Å²) in [6.45, 7) is 7.61. The number of aryl methyl sites for hydroxylation is 2. The number of benzene rings is 1. The van der Waals surface area contributed by atoms with E-state index in [9.17, 15) is 0 Å². The average molecular weight is 451 g/mol. The summed E-state index contributed by atoms with van der Waals surface area (Å²) < 4.78 is 4.22. The molecule has 1 aromatic carbocycles. The van der Waals surface area contributed by atoms with Gasteiger partial charge < -0.3 is 9.47 Å². The highest BCUT2D eigenvalue weighted by Crippen LogP contribution is 2.30. The third kappa shape index (κ3) is 3.33. The minimum Gasteiger partial charge on any atom is -0.353 e. The number of para-hydroxylation sites is 1. The molecule has 6 rings (SSSR count). The third-order valence-electron chi connectivity index (χ3n) is 6.77. The molecule has 0 spiro atoms. The van der Waals surface area contributed by atoms with E-state index in [2.05, 4.69) is 47.9 Å². The number of piperazine rings is 1. The quantitative estimate of drug-likeness (QED) is 0.476. The van der Waals surface area contributed by atoms with Crippen LogP contribution in [0, 0.1) is 6.92 Å². The van der Waals surface area contributed by atoms with Gasteiger partial charge in [0.05, 0.1) is 17.8 Å². The number of halogens is 1. The lowest BCUT2D eigenvalue weighted by Gasteiger charge is -2.35. The van der Waals surface area contributed by atoms with E-state index in [1.54, 1.807) is 0 Å². The van der Waals surface area contributed by atoms with Gasteiger partial charge in [-0.05, 0) is 31.9 Å². The maximum atomic E-state index is 6.54. The first-order valence-electron chi connectivity index (χ1n) is 11.5. The SMILES string of the molecule is Cc1nn2c(nc(N3CCN(Cc4nnc5n4CCCCC5)CC3)c3ccccc32)c1Cl. The van der Waals surface area contributed by atoms with Gasteiger partial charge in [0.1, 0.15) is 22.5 Å². The molecule has 0 bridgehead atoms. The van der Waals surface area contributed by atoms with Crippen molar-refractivity contribution < 1.29 is 0 Å². The highest BCUT2D eigenvalue weighted by Gasteiger charge is 2.24. The Morgan fingerprint density at radius 1 is 0.969 bits per heavy atom. The van der Waals surface area contributed by atoms with E-state index >= 15 is 0 Å². The number of aromatic nitrogens is 6. The van der Waals surface area contributed by atoms with Crippen LogP contribution in [0.5, 0.6) is 0 Å². The topological polar surface area (TPSA) is 67.4 Å². The highest BCUT2D eigenvalue weighted by molar-refractivity contribution is 6.34. The highest BCUT2D eigenvalue weighted by atomic mass is 35.5. The molecule has 0 aliphatic carbocycles. The Hall–Kier alpha value is -2.71. The molecule has 0 amide bonds. The molecule has 2 aliphatic rings. The lowest BCUT2D eigenvalue weighted by Crippen LogP contribution is -2.46. The average Bonchev–Trinajstić information content (AvgIpc) is 3.22. The summed E-state index contributed by atoms with van der Waals surface area (Å²) >= 11 is 6.54. The molecule has 0 unspecified atom stereocenters. The second kappa shape index (κ2) is 8.01. The molecule has 0 saturated carbocycles. The van der Waals surface area contributed by atoms with Gasteiger partial charge in [0.15, 0.2) is 5.65 Å². The van der Waals surface area contributed by atoms with Crippen molar-refractivity contribution in [3.8, 4) is 0 Å². The van der Waals surface area contributed by atoms with Gasteiger partial charge in [-0.2, -0.15) is 5.10 Å². The molecule has 5 heterocycles. The Bertz CT molecular complexity index is 1280. The first-order valence-corrected chi connectivity index (χ1v) is 11.9. The van der Waals surface area contributed by atoms with E-state index < -0.39 is 0 Å². The number of rotatable bonds is 3. The normalized spacial score (nSPS) is 17.8. The standard InChI is InChI=1S/C23H27ClN8/c1-16-21(24)23-25-22(17-7-4-5-8-18(17)32(23)28-16)30-13-11-29(12-14-30)15-20-27-26-19-9-3-2-6-10-31(19)20/h4-5,7-8H,2-3,6,9-15H2,1H3. The molecule has 0 radical (unpaired) electrons. The van der Waals surface area contributed by atoms with Crippen LogP contribution in [0.4, 0.5) is 5.82 Å². The molecule has 8 nitrogen and oxygen atoms in total. The maximum absolute atomic E-state index is 6.54. The summed E-state index contributed by atoms with van der Waals surface area (Å²) in [4.78, 5) is 9.82. The number of fused-ring (bicyclic) bond motifs is 4. The predicted octanol–water partition coefficient (Wildman–Crippen LogP) is 3.48. The lowest BCUT2D eigenvalue weighted by molar-refractivity contribution is 0.240. The van der Waals surface area contributed by atoms with Crippen molar-refractivity contribution in [2.45, 2.75) is 45.7 Å². The number of hydrogen-bond donors (Lipinski definition) is 0. The zero-order valence-corrected chi connectivity index (χ0v) is 19.1. The first-order chi connectivity index (χ1) is 15.7. The summed E-state index contributed by atoms with van der Waals surface area (Å²) in [7, 11) is 0. The summed E-state index contributed by atoms with van der Waals surface area (Å²) in [5.74, 6) is 3.26. The van der Waals surface area contributed by atoms with Gasteiger partial charge in [-0.25, -0.2) is 9.50 Å². The van der Waals surface area contributed by atoms with Gasteiger partial charge in [-0.1, -0.05) is 30.2 Å². The fraction of sp³-hybridized carbons (Fsp3) is 0.478. The van der Waals surface area contributed by atoms with E-state index in [0.717, 1.165) is 85.4 Å². The summed E-state index contributed by atoms with van der Waals surface area (Å²) in [5, 5.41) is 15.3. The fourth-order valence-corrected chi connectivity index (χ4v) is 5.15. The zero-order valence-electron chi connectivity index (χ0n) is 18.3. The minimum atomic E-state index is 0.628. The van der Waals surface area contributed by atoms with Crippen molar-refractivity contribution in [1.82, 2.24) is 34.3 Å². The van der Waals surface area contributed by atoms with Crippen LogP contribution in [0.25, 0.3) is 16.6 Å². The molecule has 2 aliphatic heterocycles. The molecular formula is C23H27ClN8. The molecule has 4 aromatic rings. The van der Waals surface area contributed by atoms with Crippen molar-refractivity contribution in [2.24, 2.45) is 0 Å². The molecule has 3 aromatic heterocycles. The van der Waals surface area contributed by atoms with Gasteiger partial charge in [-0.3, -0.25) is 4.90 Å². The molecule has 0 atom stereocenters. The van der Waals surface area contributed by atoms with Gasteiger partial charge in [-0.15, -0.1) is 10.2 Å². The van der Waals surface area contributed by atoms with E-state index in [0.29, 0.717) is 5.02 Å². The Morgan fingerprint density at radius 2 is 1.81 bits per heavy atom. The van der Waals surface area contributed by atoms with Crippen LogP contribution < -0.4 is 4.90 Å². The van der Waals surface area contributed by atoms with Crippen LogP contribution in [0.3, 0.4) is 0 Å². The van der Waals surface area contributed by atoms with Crippen molar-refractivity contribution in [3.63, 3.8) is 0 Å². The summed E-state index contributed by atoms with van der Waals surface area (Å²) in [6.07, 6.45) is 4.79. The summed E-state index contributed by atoms with van der Waals surface area (Å²) in [6, 6.07) is 8.31. The van der Waals surface area contributed by atoms with Crippen LogP contribution in [0.15, 0.2) is 24.3 Å². The second-order valence-electron chi connectivity index (χ2n) is 8.85. The number of nitrogens with zero attached hydrogens (tertiary/aromatic N) is 8. The summed E-state index contributed by atoms with van der Waals surface area (Å²) in [5.41, 5.74) is 2.57. The molecule has 166 valence electrons. The van der Waals surface area contributed by atoms with Crippen molar-refractivity contribution >= 4 is 34.0 Å². The Morgan fingerprint density at radius 3 is 2.69 bits per heavy atom. The monoisotopic (exact) mass is 450 g/mol. The number of hydrogen-bond acceptors (Lipinski definition) is 6. The van der Waals surface area contributed by atoms with E-state index in [-0.39, 0.29) is 0 Å². The first kappa shape index (κ1) is 19.9. The van der Waals surface area contributed by atoms with Crippen molar-refractivity contribution in [3.05, 3.63) is 46.6 Å². The van der Waals surface area contributed by atoms with Gasteiger partial charge >= 0.3 is 0 Å². The third-order valence-corrected chi connectivity index (χ3v) is 7.22. The van der Waals surface area contributed by atoms with Gasteiger partial charge in [0.25, 0.3) is 0 Å². The predicted molar refractivity (Wildman–Crippen MR) is 125 cm³/mol. The van der Waals surface area contributed by atoms with Crippen LogP contribution in [-0.4, -0.2) is 60.4 Å². The second-order valence-corrected chi connectivity index (χ2v) is 9.22. The van der Waals surface area contributed by atoms with Gasteiger partial charge in [0, 0.05) is 44.5 Å². The number of anilines is 1. The van der Waals surface area contributed by atoms with Crippen LogP contribution in [-0.2, 0) is 19.5 Å². The lowest BCUT2D eigenvalue weighted by atomic mass is 10.2. The van der Waals surface area contributed by atoms with Crippen LogP contribution in [0.1, 0.15) is 36.6 Å². The smallest absolute Gasteiger partial charge is 0.176 e. The Balaban J connectivity index is 1.25. The van der Waals surface area contributed by atoms with E-state index in [1.165, 1.54) is 19.3 Å².